The summed E-state index contributed by atoms with van der Waals surface area (Å²) in [5.74, 6) is -1.44. The standard InChI is InChI=1S/C41H45N5O8S/c1-6-15-42-38(49)32-12-10-27(35(45-32)39(50)52-5)28-21-33-30(36-24(13-16-53-33)14-17-55-36)20-29(28)37(48)46-31-11-7-23(22-43-40(51)54-41(2,3)4)18-25(31)19-34(47)44-26-8-9-26/h7,10-12,14,17-18,20-21,26H,6,8-9,13,15-16,19,22H2,1-5H3,(H,42,49)(H,43,51)(H,44,47)(H,46,48). The zero-order chi connectivity index (χ0) is 39.3. The summed E-state index contributed by atoms with van der Waals surface area (Å²) in [5.41, 5.74) is 3.41. The molecule has 3 heterocycles. The number of benzene rings is 2. The molecule has 14 heteroatoms. The third-order valence-corrected chi connectivity index (χ3v) is 9.85. The number of carbonyl (C=O) groups excluding carboxylic acids is 5. The van der Waals surface area contributed by atoms with Crippen LogP contribution in [0.25, 0.3) is 21.6 Å². The van der Waals surface area contributed by atoms with E-state index in [0.717, 1.165) is 23.3 Å². The molecule has 0 saturated heterocycles. The molecular formula is C41H45N5O8S. The fourth-order valence-corrected chi connectivity index (χ4v) is 7.07. The summed E-state index contributed by atoms with van der Waals surface area (Å²) in [5, 5.41) is 13.5. The molecule has 13 nitrogen and oxygen atoms in total. The maximum Gasteiger partial charge on any atom is 0.407 e. The number of aromatic nitrogens is 1. The molecule has 6 rings (SSSR count). The van der Waals surface area contributed by atoms with Crippen molar-refractivity contribution < 1.29 is 38.2 Å². The van der Waals surface area contributed by atoms with Gasteiger partial charge in [-0.15, -0.1) is 11.3 Å². The minimum absolute atomic E-state index is 0.0200. The molecule has 1 aliphatic carbocycles. The number of pyridine rings is 1. The first kappa shape index (κ1) is 38.9. The van der Waals surface area contributed by atoms with Crippen molar-refractivity contribution in [3.63, 3.8) is 0 Å². The number of esters is 1. The Kier molecular flexibility index (Phi) is 11.8. The van der Waals surface area contributed by atoms with Crippen LogP contribution in [0.4, 0.5) is 10.5 Å². The number of alkyl carbamates (subject to hydrolysis) is 1. The Hall–Kier alpha value is -5.76. The number of ether oxygens (including phenoxy) is 3. The summed E-state index contributed by atoms with van der Waals surface area (Å²) in [7, 11) is 1.22. The predicted molar refractivity (Wildman–Crippen MR) is 208 cm³/mol. The van der Waals surface area contributed by atoms with Crippen molar-refractivity contribution in [2.45, 2.75) is 78.0 Å². The van der Waals surface area contributed by atoms with Crippen LogP contribution >= 0.6 is 11.3 Å². The van der Waals surface area contributed by atoms with Gasteiger partial charge < -0.3 is 35.5 Å². The van der Waals surface area contributed by atoms with Crippen LogP contribution in [-0.2, 0) is 33.7 Å². The molecule has 4 amide bonds. The van der Waals surface area contributed by atoms with E-state index >= 15 is 0 Å². The number of methoxy groups -OCH3 is 1. The van der Waals surface area contributed by atoms with Crippen LogP contribution in [0, 0.1) is 0 Å². The minimum Gasteiger partial charge on any atom is -0.493 e. The zero-order valence-electron chi connectivity index (χ0n) is 31.6. The van der Waals surface area contributed by atoms with Gasteiger partial charge in [0.1, 0.15) is 17.0 Å². The van der Waals surface area contributed by atoms with Crippen LogP contribution in [0.3, 0.4) is 0 Å². The second-order valence-electron chi connectivity index (χ2n) is 14.4. The van der Waals surface area contributed by atoms with Crippen LogP contribution in [0.2, 0.25) is 0 Å². The lowest BCUT2D eigenvalue weighted by Gasteiger charge is -2.20. The number of anilines is 1. The molecule has 0 radical (unpaired) electrons. The Morgan fingerprint density at radius 1 is 0.945 bits per heavy atom. The number of thiophene rings is 1. The van der Waals surface area contributed by atoms with Gasteiger partial charge >= 0.3 is 12.1 Å². The molecular weight excluding hydrogens is 723 g/mol. The lowest BCUT2D eigenvalue weighted by Crippen LogP contribution is -2.32. The van der Waals surface area contributed by atoms with E-state index in [1.54, 1.807) is 57.2 Å². The van der Waals surface area contributed by atoms with Gasteiger partial charge in [0.2, 0.25) is 5.91 Å². The van der Waals surface area contributed by atoms with Crippen molar-refractivity contribution in [1.82, 2.24) is 20.9 Å². The summed E-state index contributed by atoms with van der Waals surface area (Å²) in [6.07, 6.45) is 2.61. The van der Waals surface area contributed by atoms with Gasteiger partial charge in [0, 0.05) is 58.4 Å². The number of fused-ring (bicyclic) bond motifs is 3. The fraction of sp³-hybridized carbons (Fsp3) is 0.366. The van der Waals surface area contributed by atoms with Gasteiger partial charge in [-0.25, -0.2) is 14.6 Å². The van der Waals surface area contributed by atoms with Crippen LogP contribution in [0.5, 0.6) is 5.75 Å². The molecule has 4 aromatic rings. The van der Waals surface area contributed by atoms with E-state index in [4.69, 9.17) is 14.2 Å². The van der Waals surface area contributed by atoms with Crippen molar-refractivity contribution in [3.05, 3.63) is 87.6 Å². The summed E-state index contributed by atoms with van der Waals surface area (Å²) in [4.78, 5) is 71.6. The van der Waals surface area contributed by atoms with Crippen molar-refractivity contribution in [2.24, 2.45) is 0 Å². The first-order valence-corrected chi connectivity index (χ1v) is 19.2. The summed E-state index contributed by atoms with van der Waals surface area (Å²) in [6, 6.07) is 13.9. The van der Waals surface area contributed by atoms with Crippen molar-refractivity contribution in [3.8, 4) is 27.3 Å². The average molecular weight is 768 g/mol. The Balaban J connectivity index is 1.41. The topological polar surface area (TPSA) is 174 Å². The molecule has 2 aliphatic rings. The van der Waals surface area contributed by atoms with Crippen LogP contribution in [-0.4, -0.2) is 66.7 Å². The zero-order valence-corrected chi connectivity index (χ0v) is 32.4. The second kappa shape index (κ2) is 16.7. The Labute approximate surface area is 323 Å². The molecule has 0 unspecified atom stereocenters. The van der Waals surface area contributed by atoms with Gasteiger partial charge in [-0.2, -0.15) is 0 Å². The number of amides is 4. The third-order valence-electron chi connectivity index (χ3n) is 8.86. The first-order valence-electron chi connectivity index (χ1n) is 18.3. The molecule has 0 bridgehead atoms. The molecule has 4 N–H and O–H groups in total. The molecule has 2 aromatic heterocycles. The van der Waals surface area contributed by atoms with Gasteiger partial charge in [0.05, 0.1) is 20.1 Å². The normalized spacial score (nSPS) is 13.3. The highest BCUT2D eigenvalue weighted by molar-refractivity contribution is 7.13. The van der Waals surface area contributed by atoms with Crippen LogP contribution in [0.1, 0.15) is 95.0 Å². The number of hydrogen-bond donors (Lipinski definition) is 4. The van der Waals surface area contributed by atoms with Gasteiger partial charge in [0.25, 0.3) is 11.8 Å². The maximum atomic E-state index is 14.6. The van der Waals surface area contributed by atoms with Gasteiger partial charge in [0.15, 0.2) is 5.69 Å². The summed E-state index contributed by atoms with van der Waals surface area (Å²) >= 11 is 1.53. The van der Waals surface area contributed by atoms with Gasteiger partial charge in [-0.05, 0) is 98.5 Å². The van der Waals surface area contributed by atoms with Crippen LogP contribution in [0.15, 0.2) is 53.9 Å². The molecule has 288 valence electrons. The second-order valence-corrected chi connectivity index (χ2v) is 15.3. The van der Waals surface area contributed by atoms with E-state index < -0.39 is 29.5 Å². The monoisotopic (exact) mass is 767 g/mol. The number of nitrogens with zero attached hydrogens (tertiary/aromatic N) is 1. The van der Waals surface area contributed by atoms with Crippen molar-refractivity contribution in [2.75, 3.05) is 25.6 Å². The number of nitrogens with one attached hydrogen (secondary N) is 4. The van der Waals surface area contributed by atoms with Gasteiger partial charge in [-0.3, -0.25) is 14.4 Å². The highest BCUT2D eigenvalue weighted by Crippen LogP contribution is 2.43. The van der Waals surface area contributed by atoms with Crippen LogP contribution < -0.4 is 26.0 Å². The first-order chi connectivity index (χ1) is 26.3. The smallest absolute Gasteiger partial charge is 0.407 e. The van der Waals surface area contributed by atoms with E-state index in [9.17, 15) is 24.0 Å². The van der Waals surface area contributed by atoms with Gasteiger partial charge in [-0.1, -0.05) is 19.1 Å². The molecule has 1 aliphatic heterocycles. The Bertz CT molecular complexity index is 2130. The molecule has 55 heavy (non-hydrogen) atoms. The quantitative estimate of drug-likeness (QED) is 0.118. The number of hydrogen-bond acceptors (Lipinski definition) is 10. The fourth-order valence-electron chi connectivity index (χ4n) is 6.09. The maximum absolute atomic E-state index is 14.6. The highest BCUT2D eigenvalue weighted by atomic mass is 32.1. The molecule has 1 saturated carbocycles. The Morgan fingerprint density at radius 2 is 1.75 bits per heavy atom. The lowest BCUT2D eigenvalue weighted by atomic mass is 9.93. The van der Waals surface area contributed by atoms with E-state index in [2.05, 4.69) is 26.3 Å². The molecule has 1 fully saturated rings. The molecule has 0 spiro atoms. The van der Waals surface area contributed by atoms with E-state index in [0.29, 0.717) is 59.7 Å². The van der Waals surface area contributed by atoms with Crippen molar-refractivity contribution >= 4 is 46.8 Å². The Morgan fingerprint density at radius 3 is 2.47 bits per heavy atom. The summed E-state index contributed by atoms with van der Waals surface area (Å²) in [6.45, 7) is 8.22. The van der Waals surface area contributed by atoms with E-state index in [-0.39, 0.29) is 47.4 Å². The highest BCUT2D eigenvalue weighted by Gasteiger charge is 2.28. The summed E-state index contributed by atoms with van der Waals surface area (Å²) < 4.78 is 16.7. The SMILES string of the molecule is CCCNC(=O)c1ccc(-c2cc3c(cc2C(=O)Nc2ccc(CNC(=O)OC(C)(C)C)cc2CC(=O)NC2CC2)-c2sccc2CCO3)c(C(=O)OC)n1. The largest absolute Gasteiger partial charge is 0.493 e. The third kappa shape index (κ3) is 9.68. The average Bonchev–Trinajstić information content (AvgIpc) is 3.88. The number of rotatable bonds is 12. The van der Waals surface area contributed by atoms with Crippen molar-refractivity contribution in [1.29, 1.82) is 0 Å². The molecule has 0 atom stereocenters. The number of carbonyl (C=O) groups is 5. The minimum atomic E-state index is -0.789. The molecule has 2 aromatic carbocycles. The predicted octanol–water partition coefficient (Wildman–Crippen LogP) is 6.44. The van der Waals surface area contributed by atoms with E-state index in [1.807, 2.05) is 18.4 Å². The van der Waals surface area contributed by atoms with E-state index in [1.165, 1.54) is 24.5 Å². The lowest BCUT2D eigenvalue weighted by molar-refractivity contribution is -0.120.